The zero-order valence-corrected chi connectivity index (χ0v) is 20.3. The van der Waals surface area contributed by atoms with Crippen molar-refractivity contribution in [2.45, 2.75) is 31.8 Å². The molecule has 0 radical (unpaired) electrons. The van der Waals surface area contributed by atoms with Crippen LogP contribution in [0, 0.1) is 5.92 Å². The van der Waals surface area contributed by atoms with Crippen LogP contribution in [-0.4, -0.2) is 15.0 Å². The van der Waals surface area contributed by atoms with Crippen molar-refractivity contribution in [3.05, 3.63) is 113 Å². The summed E-state index contributed by atoms with van der Waals surface area (Å²) in [6, 6.07) is 29.3. The maximum atomic E-state index is 6.29. The summed E-state index contributed by atoms with van der Waals surface area (Å²) in [5.74, 6) is 2.25. The minimum Gasteiger partial charge on any atom is -0.487 e. The number of pyridine rings is 1. The lowest BCUT2D eigenvalue weighted by Gasteiger charge is -2.48. The average molecular weight is 480 g/mol. The van der Waals surface area contributed by atoms with Gasteiger partial charge in [0.05, 0.1) is 11.2 Å². The number of rotatable bonds is 6. The van der Waals surface area contributed by atoms with Crippen molar-refractivity contribution < 1.29 is 4.74 Å². The summed E-state index contributed by atoms with van der Waals surface area (Å²) in [6.45, 7) is 2.72. The predicted molar refractivity (Wildman–Crippen MR) is 141 cm³/mol. The Morgan fingerprint density at radius 3 is 2.51 bits per heavy atom. The van der Waals surface area contributed by atoms with Crippen LogP contribution >= 0.6 is 11.6 Å². The molecule has 1 aliphatic carbocycles. The number of imidazole rings is 1. The standard InChI is InChI=1S/C30H26ClN3O/c1-20-16-30(17-20,22-8-3-2-4-9-22)26-15-24(13-14-25(26)29-32-18-28(31)34-29)35-19-23-12-11-21-7-5-6-10-27(21)33-23/h2-15,18,20H,16-17,19H2,1H3,(H,32,34). The lowest BCUT2D eigenvalue weighted by molar-refractivity contribution is 0.200. The lowest BCUT2D eigenvalue weighted by Crippen LogP contribution is -2.41. The topological polar surface area (TPSA) is 50.8 Å². The summed E-state index contributed by atoms with van der Waals surface area (Å²) >= 11 is 6.18. The molecule has 4 nitrogen and oxygen atoms in total. The Bertz CT molecular complexity index is 1490. The number of hydrogen-bond acceptors (Lipinski definition) is 3. The van der Waals surface area contributed by atoms with E-state index in [4.69, 9.17) is 21.3 Å². The first-order valence-electron chi connectivity index (χ1n) is 12.0. The van der Waals surface area contributed by atoms with Crippen molar-refractivity contribution in [1.82, 2.24) is 15.0 Å². The van der Waals surface area contributed by atoms with E-state index in [1.165, 1.54) is 11.1 Å². The van der Waals surface area contributed by atoms with Crippen LogP contribution in [0.2, 0.25) is 5.15 Å². The van der Waals surface area contributed by atoms with Crippen molar-refractivity contribution in [3.8, 4) is 17.1 Å². The normalized spacial score (nSPS) is 19.4. The highest BCUT2D eigenvalue weighted by molar-refractivity contribution is 6.29. The summed E-state index contributed by atoms with van der Waals surface area (Å²) in [7, 11) is 0. The quantitative estimate of drug-likeness (QED) is 0.273. The monoisotopic (exact) mass is 479 g/mol. The van der Waals surface area contributed by atoms with Crippen molar-refractivity contribution in [1.29, 1.82) is 0 Å². The Morgan fingerprint density at radius 1 is 0.943 bits per heavy atom. The van der Waals surface area contributed by atoms with E-state index < -0.39 is 0 Å². The first-order valence-corrected chi connectivity index (χ1v) is 12.4. The fraction of sp³-hybridized carbons (Fsp3) is 0.200. The molecular formula is C30H26ClN3O. The fourth-order valence-electron chi connectivity index (χ4n) is 5.50. The van der Waals surface area contributed by atoms with Crippen LogP contribution in [0.15, 0.2) is 91.1 Å². The third kappa shape index (κ3) is 4.08. The summed E-state index contributed by atoms with van der Waals surface area (Å²) in [6.07, 6.45) is 3.89. The average Bonchev–Trinajstić information content (AvgIpc) is 3.31. The highest BCUT2D eigenvalue weighted by Gasteiger charge is 2.46. The van der Waals surface area contributed by atoms with E-state index in [0.717, 1.165) is 46.6 Å². The molecule has 0 atom stereocenters. The van der Waals surface area contributed by atoms with Gasteiger partial charge in [-0.15, -0.1) is 0 Å². The van der Waals surface area contributed by atoms with Crippen molar-refractivity contribution >= 4 is 22.5 Å². The van der Waals surface area contributed by atoms with Crippen LogP contribution in [-0.2, 0) is 12.0 Å². The first kappa shape index (κ1) is 21.9. The van der Waals surface area contributed by atoms with E-state index in [9.17, 15) is 0 Å². The third-order valence-electron chi connectivity index (χ3n) is 7.07. The molecule has 6 rings (SSSR count). The molecule has 1 fully saturated rings. The second-order valence-electron chi connectivity index (χ2n) is 9.52. The molecule has 1 N–H and O–H groups in total. The predicted octanol–water partition coefficient (Wildman–Crippen LogP) is 7.57. The summed E-state index contributed by atoms with van der Waals surface area (Å²) < 4.78 is 6.29. The largest absolute Gasteiger partial charge is 0.487 e. The van der Waals surface area contributed by atoms with Gasteiger partial charge >= 0.3 is 0 Å². The molecule has 0 spiro atoms. The van der Waals surface area contributed by atoms with Gasteiger partial charge in [0.1, 0.15) is 23.3 Å². The number of halogens is 1. The maximum absolute atomic E-state index is 6.29. The summed E-state index contributed by atoms with van der Waals surface area (Å²) in [5, 5.41) is 1.59. The van der Waals surface area contributed by atoms with E-state index in [2.05, 4.69) is 71.5 Å². The van der Waals surface area contributed by atoms with Crippen LogP contribution in [0.25, 0.3) is 22.3 Å². The molecule has 1 saturated carbocycles. The number of ether oxygens (including phenoxy) is 1. The van der Waals surface area contributed by atoms with Gasteiger partial charge < -0.3 is 9.72 Å². The Balaban J connectivity index is 1.39. The number of hydrogen-bond donors (Lipinski definition) is 1. The van der Waals surface area contributed by atoms with Gasteiger partial charge in [-0.3, -0.25) is 0 Å². The first-order chi connectivity index (χ1) is 17.1. The number of para-hydroxylation sites is 1. The molecule has 3 aromatic carbocycles. The smallest absolute Gasteiger partial charge is 0.147 e. The number of nitrogens with one attached hydrogen (secondary N) is 1. The van der Waals surface area contributed by atoms with Crippen LogP contribution in [0.4, 0.5) is 0 Å². The molecular weight excluding hydrogens is 454 g/mol. The number of nitrogens with zero attached hydrogens (tertiary/aromatic N) is 2. The number of fused-ring (bicyclic) bond motifs is 1. The summed E-state index contributed by atoms with van der Waals surface area (Å²) in [4.78, 5) is 12.5. The van der Waals surface area contributed by atoms with Gasteiger partial charge in [0.2, 0.25) is 0 Å². The van der Waals surface area contributed by atoms with Gasteiger partial charge in [0.15, 0.2) is 0 Å². The second kappa shape index (κ2) is 8.86. The Kier molecular flexibility index (Phi) is 5.54. The highest BCUT2D eigenvalue weighted by Crippen LogP contribution is 2.54. The third-order valence-corrected chi connectivity index (χ3v) is 7.26. The van der Waals surface area contributed by atoms with Crippen molar-refractivity contribution in [2.24, 2.45) is 5.92 Å². The highest BCUT2D eigenvalue weighted by atomic mass is 35.5. The van der Waals surface area contributed by atoms with Crippen LogP contribution in [0.1, 0.15) is 36.6 Å². The van der Waals surface area contributed by atoms with E-state index in [1.807, 2.05) is 30.3 Å². The van der Waals surface area contributed by atoms with E-state index in [1.54, 1.807) is 6.20 Å². The molecule has 1 aliphatic rings. The van der Waals surface area contributed by atoms with Crippen molar-refractivity contribution in [3.63, 3.8) is 0 Å². The zero-order valence-electron chi connectivity index (χ0n) is 19.5. The fourth-order valence-corrected chi connectivity index (χ4v) is 5.64. The van der Waals surface area contributed by atoms with Crippen molar-refractivity contribution in [2.75, 3.05) is 0 Å². The summed E-state index contributed by atoms with van der Waals surface area (Å²) in [5.41, 5.74) is 5.40. The molecule has 174 valence electrons. The van der Waals surface area contributed by atoms with Crippen LogP contribution in [0.3, 0.4) is 0 Å². The van der Waals surface area contributed by atoms with Gasteiger partial charge in [0.25, 0.3) is 0 Å². The molecule has 2 aromatic heterocycles. The molecule has 0 amide bonds. The zero-order chi connectivity index (χ0) is 23.8. The Hall–Kier alpha value is -3.63. The molecule has 5 heteroatoms. The molecule has 35 heavy (non-hydrogen) atoms. The molecule has 0 bridgehead atoms. The number of benzene rings is 3. The molecule has 0 aliphatic heterocycles. The molecule has 2 heterocycles. The minimum atomic E-state index is -0.0875. The number of aromatic amines is 1. The molecule has 0 saturated heterocycles. The van der Waals surface area contributed by atoms with Gasteiger partial charge in [-0.05, 0) is 60.2 Å². The van der Waals surface area contributed by atoms with E-state index in [-0.39, 0.29) is 5.41 Å². The number of H-pyrrole nitrogens is 1. The van der Waals surface area contributed by atoms with Gasteiger partial charge in [0, 0.05) is 22.6 Å². The SMILES string of the molecule is CC1CC(c2ccccc2)(c2cc(OCc3ccc4ccccc4n3)ccc2-c2nc(Cl)c[nH]2)C1. The Morgan fingerprint density at radius 2 is 1.74 bits per heavy atom. The molecule has 0 unspecified atom stereocenters. The van der Waals surface area contributed by atoms with Gasteiger partial charge in [-0.2, -0.15) is 0 Å². The van der Waals surface area contributed by atoms with Crippen LogP contribution < -0.4 is 4.74 Å². The van der Waals surface area contributed by atoms with Gasteiger partial charge in [-0.25, -0.2) is 9.97 Å². The minimum absolute atomic E-state index is 0.0875. The Labute approximate surface area is 210 Å². The second-order valence-corrected chi connectivity index (χ2v) is 9.91. The number of aromatic nitrogens is 3. The van der Waals surface area contributed by atoms with Gasteiger partial charge in [-0.1, -0.05) is 73.1 Å². The van der Waals surface area contributed by atoms with E-state index >= 15 is 0 Å². The van der Waals surface area contributed by atoms with Crippen LogP contribution in [0.5, 0.6) is 5.75 Å². The maximum Gasteiger partial charge on any atom is 0.147 e. The van der Waals surface area contributed by atoms with E-state index in [0.29, 0.717) is 17.7 Å². The lowest BCUT2D eigenvalue weighted by atomic mass is 9.55. The molecule has 5 aromatic rings.